The number of carboxylic acid groups (broad SMARTS) is 1. The molecule has 1 aromatic heterocycles. The fraction of sp³-hybridized carbons (Fsp3) is 0.333. The summed E-state index contributed by atoms with van der Waals surface area (Å²) < 4.78 is 0. The van der Waals surface area contributed by atoms with Gasteiger partial charge in [-0.15, -0.1) is 0 Å². The van der Waals surface area contributed by atoms with E-state index in [0.29, 0.717) is 6.42 Å². The Balaban J connectivity index is 2.01. The van der Waals surface area contributed by atoms with E-state index in [1.807, 2.05) is 31.3 Å². The van der Waals surface area contributed by atoms with Gasteiger partial charge in [0.1, 0.15) is 6.04 Å². The van der Waals surface area contributed by atoms with Crippen molar-refractivity contribution in [2.45, 2.75) is 32.7 Å². The van der Waals surface area contributed by atoms with Crippen molar-refractivity contribution in [3.8, 4) is 0 Å². The highest BCUT2D eigenvalue weighted by Crippen LogP contribution is 2.22. The van der Waals surface area contributed by atoms with Crippen LogP contribution in [-0.2, 0) is 16.0 Å². The SMILES string of the molecule is Cc1cccc2c(CCC(=O)NC(C)C(=O)O)c[nH]c12. The summed E-state index contributed by atoms with van der Waals surface area (Å²) in [6, 6.07) is 5.19. The van der Waals surface area contributed by atoms with Crippen molar-refractivity contribution in [3.05, 3.63) is 35.5 Å². The fourth-order valence-corrected chi connectivity index (χ4v) is 2.19. The van der Waals surface area contributed by atoms with Crippen molar-refractivity contribution in [2.24, 2.45) is 0 Å². The Morgan fingerprint density at radius 3 is 2.85 bits per heavy atom. The van der Waals surface area contributed by atoms with E-state index in [1.165, 1.54) is 6.92 Å². The van der Waals surface area contributed by atoms with Gasteiger partial charge in [-0.1, -0.05) is 18.2 Å². The minimum atomic E-state index is -1.03. The molecule has 5 nitrogen and oxygen atoms in total. The Hall–Kier alpha value is -2.30. The van der Waals surface area contributed by atoms with E-state index in [-0.39, 0.29) is 12.3 Å². The molecule has 20 heavy (non-hydrogen) atoms. The first kappa shape index (κ1) is 14.1. The number of aryl methyl sites for hydroxylation is 2. The van der Waals surface area contributed by atoms with Crippen LogP contribution in [-0.4, -0.2) is 28.0 Å². The molecule has 0 radical (unpaired) electrons. The van der Waals surface area contributed by atoms with Gasteiger partial charge in [0, 0.05) is 23.5 Å². The van der Waals surface area contributed by atoms with Crippen molar-refractivity contribution in [3.63, 3.8) is 0 Å². The van der Waals surface area contributed by atoms with Crippen LogP contribution in [0.4, 0.5) is 0 Å². The Morgan fingerprint density at radius 2 is 2.15 bits per heavy atom. The molecule has 0 aliphatic heterocycles. The number of carbonyl (C=O) groups is 2. The van der Waals surface area contributed by atoms with Crippen LogP contribution in [0, 0.1) is 6.92 Å². The number of hydrogen-bond acceptors (Lipinski definition) is 2. The molecule has 2 rings (SSSR count). The molecule has 5 heteroatoms. The second-order valence-electron chi connectivity index (χ2n) is 4.94. The van der Waals surface area contributed by atoms with Gasteiger partial charge in [0.15, 0.2) is 0 Å². The van der Waals surface area contributed by atoms with Crippen LogP contribution >= 0.6 is 0 Å². The molecule has 0 saturated heterocycles. The molecular weight excluding hydrogens is 256 g/mol. The molecule has 0 saturated carbocycles. The summed E-state index contributed by atoms with van der Waals surface area (Å²) in [5.41, 5.74) is 3.32. The summed E-state index contributed by atoms with van der Waals surface area (Å²) in [5.74, 6) is -1.28. The van der Waals surface area contributed by atoms with Crippen molar-refractivity contribution in [2.75, 3.05) is 0 Å². The zero-order valence-electron chi connectivity index (χ0n) is 11.6. The predicted molar refractivity (Wildman–Crippen MR) is 76.6 cm³/mol. The van der Waals surface area contributed by atoms with E-state index < -0.39 is 12.0 Å². The van der Waals surface area contributed by atoms with Crippen LogP contribution in [0.1, 0.15) is 24.5 Å². The van der Waals surface area contributed by atoms with Crippen molar-refractivity contribution in [1.29, 1.82) is 0 Å². The largest absolute Gasteiger partial charge is 0.480 e. The van der Waals surface area contributed by atoms with E-state index in [1.54, 1.807) is 0 Å². The quantitative estimate of drug-likeness (QED) is 0.780. The summed E-state index contributed by atoms with van der Waals surface area (Å²) in [6.45, 7) is 3.49. The highest BCUT2D eigenvalue weighted by Gasteiger charge is 2.14. The monoisotopic (exact) mass is 274 g/mol. The number of aromatic nitrogens is 1. The first-order chi connectivity index (χ1) is 9.49. The summed E-state index contributed by atoms with van der Waals surface area (Å²) in [7, 11) is 0. The minimum absolute atomic E-state index is 0.248. The number of aromatic amines is 1. The highest BCUT2D eigenvalue weighted by molar-refractivity contribution is 5.87. The van der Waals surface area contributed by atoms with Gasteiger partial charge < -0.3 is 15.4 Å². The van der Waals surface area contributed by atoms with Crippen molar-refractivity contribution < 1.29 is 14.7 Å². The van der Waals surface area contributed by atoms with Gasteiger partial charge in [-0.05, 0) is 31.4 Å². The van der Waals surface area contributed by atoms with Gasteiger partial charge in [0.25, 0.3) is 0 Å². The molecule has 1 unspecified atom stereocenters. The number of benzene rings is 1. The van der Waals surface area contributed by atoms with Gasteiger partial charge >= 0.3 is 5.97 Å². The van der Waals surface area contributed by atoms with Crippen LogP contribution in [0.25, 0.3) is 10.9 Å². The molecule has 1 atom stereocenters. The van der Waals surface area contributed by atoms with Gasteiger partial charge in [0.2, 0.25) is 5.91 Å². The third-order valence-corrected chi connectivity index (χ3v) is 3.38. The Kier molecular flexibility index (Phi) is 4.08. The molecule has 106 valence electrons. The first-order valence-electron chi connectivity index (χ1n) is 6.57. The fourth-order valence-electron chi connectivity index (χ4n) is 2.19. The summed E-state index contributed by atoms with van der Waals surface area (Å²) in [5, 5.41) is 12.3. The lowest BCUT2D eigenvalue weighted by molar-refractivity contribution is -0.141. The average molecular weight is 274 g/mol. The first-order valence-corrected chi connectivity index (χ1v) is 6.57. The smallest absolute Gasteiger partial charge is 0.325 e. The zero-order chi connectivity index (χ0) is 14.7. The number of carboxylic acids is 1. The normalized spacial score (nSPS) is 12.3. The minimum Gasteiger partial charge on any atom is -0.480 e. The summed E-state index contributed by atoms with van der Waals surface area (Å²) in [6.07, 6.45) is 2.77. The van der Waals surface area contributed by atoms with E-state index >= 15 is 0 Å². The number of fused-ring (bicyclic) bond motifs is 1. The molecule has 0 fully saturated rings. The van der Waals surface area contributed by atoms with Crippen molar-refractivity contribution in [1.82, 2.24) is 10.3 Å². The molecular formula is C15H18N2O3. The molecule has 1 heterocycles. The van der Waals surface area contributed by atoms with Crippen LogP contribution in [0.3, 0.4) is 0 Å². The van der Waals surface area contributed by atoms with Crippen LogP contribution < -0.4 is 5.32 Å². The van der Waals surface area contributed by atoms with Crippen LogP contribution in [0.5, 0.6) is 0 Å². The lowest BCUT2D eigenvalue weighted by Crippen LogP contribution is -2.38. The molecule has 1 amide bonds. The maximum absolute atomic E-state index is 11.7. The number of aliphatic carboxylic acids is 1. The van der Waals surface area contributed by atoms with E-state index in [0.717, 1.165) is 22.0 Å². The standard InChI is InChI=1S/C15H18N2O3/c1-9-4-3-5-12-11(8-16-14(9)12)6-7-13(18)17-10(2)15(19)20/h3-5,8,10,16H,6-7H2,1-2H3,(H,17,18)(H,19,20). The number of para-hydroxylation sites is 1. The van der Waals surface area contributed by atoms with Gasteiger partial charge in [-0.3, -0.25) is 9.59 Å². The molecule has 2 aromatic rings. The van der Waals surface area contributed by atoms with Crippen LogP contribution in [0.15, 0.2) is 24.4 Å². The second-order valence-corrected chi connectivity index (χ2v) is 4.94. The van der Waals surface area contributed by atoms with Crippen molar-refractivity contribution >= 4 is 22.8 Å². The van der Waals surface area contributed by atoms with Gasteiger partial charge in [-0.2, -0.15) is 0 Å². The second kappa shape index (κ2) is 5.77. The zero-order valence-corrected chi connectivity index (χ0v) is 11.6. The molecule has 0 spiro atoms. The van der Waals surface area contributed by atoms with Gasteiger partial charge in [0.05, 0.1) is 0 Å². The van der Waals surface area contributed by atoms with Gasteiger partial charge in [-0.25, -0.2) is 0 Å². The predicted octanol–water partition coefficient (Wildman–Crippen LogP) is 2.00. The lowest BCUT2D eigenvalue weighted by atomic mass is 10.1. The summed E-state index contributed by atoms with van der Waals surface area (Å²) in [4.78, 5) is 25.5. The third kappa shape index (κ3) is 2.99. The molecule has 0 bridgehead atoms. The molecule has 1 aromatic carbocycles. The third-order valence-electron chi connectivity index (χ3n) is 3.38. The summed E-state index contributed by atoms with van der Waals surface area (Å²) >= 11 is 0. The number of amides is 1. The molecule has 3 N–H and O–H groups in total. The molecule has 0 aliphatic rings. The number of nitrogens with one attached hydrogen (secondary N) is 2. The number of hydrogen-bond donors (Lipinski definition) is 3. The number of rotatable bonds is 5. The Morgan fingerprint density at radius 1 is 1.40 bits per heavy atom. The topological polar surface area (TPSA) is 82.2 Å². The average Bonchev–Trinajstić information content (AvgIpc) is 2.81. The maximum Gasteiger partial charge on any atom is 0.325 e. The highest BCUT2D eigenvalue weighted by atomic mass is 16.4. The Labute approximate surface area is 117 Å². The Bertz CT molecular complexity index is 646. The van der Waals surface area contributed by atoms with Crippen LogP contribution in [0.2, 0.25) is 0 Å². The van der Waals surface area contributed by atoms with E-state index in [4.69, 9.17) is 5.11 Å². The van der Waals surface area contributed by atoms with E-state index in [2.05, 4.69) is 10.3 Å². The number of H-pyrrole nitrogens is 1. The maximum atomic E-state index is 11.7. The number of carbonyl (C=O) groups excluding carboxylic acids is 1. The van der Waals surface area contributed by atoms with E-state index in [9.17, 15) is 9.59 Å². The molecule has 0 aliphatic carbocycles. The lowest BCUT2D eigenvalue weighted by Gasteiger charge is -2.08.